The number of ether oxygens (including phenoxy) is 2. The average molecular weight is 241 g/mol. The van der Waals surface area contributed by atoms with Gasteiger partial charge in [0.15, 0.2) is 0 Å². The van der Waals surface area contributed by atoms with E-state index in [2.05, 4.69) is 12.1 Å². The molecule has 0 heterocycles. The van der Waals surface area contributed by atoms with Crippen LogP contribution in [0.4, 0.5) is 0 Å². The molecule has 18 heavy (non-hydrogen) atoms. The fraction of sp³-hybridized carbons (Fsp3) is 0.188. The summed E-state index contributed by atoms with van der Waals surface area (Å²) in [4.78, 5) is 0. The molecule has 2 aromatic carbocycles. The van der Waals surface area contributed by atoms with E-state index in [9.17, 15) is 0 Å². The van der Waals surface area contributed by atoms with Crippen LogP contribution in [0.25, 0.3) is 0 Å². The minimum Gasteiger partial charge on any atom is -0.374 e. The minimum atomic E-state index is 0.571. The van der Waals surface area contributed by atoms with Crippen LogP contribution >= 0.6 is 0 Å². The molecular formula is C16H17O2. The standard InChI is InChI=1S/C16H17O2/c1-3-7-15(8-4-1)13-17-11-12-18-14-16-9-5-2-6-10-16/h1-10,13H,11-12,14H2. The predicted octanol–water partition coefficient (Wildman–Crippen LogP) is 3.43. The van der Waals surface area contributed by atoms with Crippen LogP contribution in [-0.2, 0) is 16.1 Å². The molecule has 0 atom stereocenters. The Kier molecular flexibility index (Phi) is 5.44. The summed E-state index contributed by atoms with van der Waals surface area (Å²) in [5, 5.41) is 0. The van der Waals surface area contributed by atoms with Crippen molar-refractivity contribution in [3.8, 4) is 0 Å². The maximum Gasteiger partial charge on any atom is 0.113 e. The van der Waals surface area contributed by atoms with Gasteiger partial charge in [-0.05, 0) is 11.1 Å². The molecule has 0 amide bonds. The molecule has 0 aromatic heterocycles. The molecule has 2 nitrogen and oxygen atoms in total. The van der Waals surface area contributed by atoms with E-state index >= 15 is 0 Å². The zero-order valence-electron chi connectivity index (χ0n) is 10.3. The SMILES string of the molecule is [CH](OCCOCc1ccccc1)c1ccccc1. The largest absolute Gasteiger partial charge is 0.374 e. The van der Waals surface area contributed by atoms with E-state index in [-0.39, 0.29) is 0 Å². The van der Waals surface area contributed by atoms with Gasteiger partial charge in [-0.2, -0.15) is 0 Å². The van der Waals surface area contributed by atoms with Crippen LogP contribution in [0.3, 0.4) is 0 Å². The first-order valence-electron chi connectivity index (χ1n) is 6.07. The summed E-state index contributed by atoms with van der Waals surface area (Å²) >= 11 is 0. The third kappa shape index (κ3) is 4.70. The van der Waals surface area contributed by atoms with Gasteiger partial charge in [0.1, 0.15) is 6.61 Å². The highest BCUT2D eigenvalue weighted by molar-refractivity contribution is 5.19. The highest BCUT2D eigenvalue weighted by atomic mass is 16.5. The van der Waals surface area contributed by atoms with Gasteiger partial charge in [0.05, 0.1) is 19.8 Å². The third-order valence-electron chi connectivity index (χ3n) is 2.48. The Morgan fingerprint density at radius 3 is 2.17 bits per heavy atom. The van der Waals surface area contributed by atoms with Crippen molar-refractivity contribution in [2.75, 3.05) is 13.2 Å². The van der Waals surface area contributed by atoms with Crippen LogP contribution < -0.4 is 0 Å². The molecule has 0 aliphatic carbocycles. The summed E-state index contributed by atoms with van der Waals surface area (Å²) in [6.45, 7) is 3.56. The maximum absolute atomic E-state index is 5.51. The lowest BCUT2D eigenvalue weighted by molar-refractivity contribution is 0.0660. The van der Waals surface area contributed by atoms with E-state index in [0.29, 0.717) is 19.8 Å². The molecule has 0 saturated heterocycles. The van der Waals surface area contributed by atoms with Gasteiger partial charge in [-0.3, -0.25) is 0 Å². The summed E-state index contributed by atoms with van der Waals surface area (Å²) in [7, 11) is 0. The smallest absolute Gasteiger partial charge is 0.113 e. The Balaban J connectivity index is 1.54. The molecule has 0 spiro atoms. The molecule has 0 fully saturated rings. The van der Waals surface area contributed by atoms with Crippen molar-refractivity contribution in [1.82, 2.24) is 0 Å². The first kappa shape index (κ1) is 12.8. The quantitative estimate of drug-likeness (QED) is 0.691. The first-order chi connectivity index (χ1) is 8.95. The van der Waals surface area contributed by atoms with Gasteiger partial charge in [0.2, 0.25) is 0 Å². The van der Waals surface area contributed by atoms with Crippen molar-refractivity contribution in [3.63, 3.8) is 0 Å². The number of hydrogen-bond acceptors (Lipinski definition) is 2. The highest BCUT2D eigenvalue weighted by Gasteiger charge is 1.94. The molecule has 1 radical (unpaired) electrons. The molecule has 93 valence electrons. The van der Waals surface area contributed by atoms with Gasteiger partial charge in [0, 0.05) is 0 Å². The van der Waals surface area contributed by atoms with Gasteiger partial charge >= 0.3 is 0 Å². The highest BCUT2D eigenvalue weighted by Crippen LogP contribution is 2.03. The van der Waals surface area contributed by atoms with Gasteiger partial charge < -0.3 is 9.47 Å². The van der Waals surface area contributed by atoms with Gasteiger partial charge in [0.25, 0.3) is 0 Å². The summed E-state index contributed by atoms with van der Waals surface area (Å²) in [6.07, 6.45) is 0. The number of hydrogen-bond donors (Lipinski definition) is 0. The monoisotopic (exact) mass is 241 g/mol. The number of benzene rings is 2. The Morgan fingerprint density at radius 2 is 1.44 bits per heavy atom. The van der Waals surface area contributed by atoms with E-state index in [0.717, 1.165) is 5.56 Å². The predicted molar refractivity (Wildman–Crippen MR) is 71.9 cm³/mol. The fourth-order valence-electron chi connectivity index (χ4n) is 1.56. The van der Waals surface area contributed by atoms with Crippen LogP contribution in [0.1, 0.15) is 11.1 Å². The first-order valence-corrected chi connectivity index (χ1v) is 6.07. The van der Waals surface area contributed by atoms with E-state index in [1.807, 2.05) is 48.5 Å². The van der Waals surface area contributed by atoms with Gasteiger partial charge in [-0.25, -0.2) is 0 Å². The molecule has 0 aliphatic heterocycles. The molecule has 0 N–H and O–H groups in total. The zero-order valence-corrected chi connectivity index (χ0v) is 10.3. The normalized spacial score (nSPS) is 10.4. The second-order valence-corrected chi connectivity index (χ2v) is 3.94. The Bertz CT molecular complexity index is 382. The summed E-state index contributed by atoms with van der Waals surface area (Å²) < 4.78 is 10.9. The van der Waals surface area contributed by atoms with Crippen LogP contribution in [0.5, 0.6) is 0 Å². The third-order valence-corrected chi connectivity index (χ3v) is 2.48. The lowest BCUT2D eigenvalue weighted by atomic mass is 10.2. The lowest BCUT2D eigenvalue weighted by Gasteiger charge is -2.05. The van der Waals surface area contributed by atoms with E-state index in [4.69, 9.17) is 9.47 Å². The number of rotatable bonds is 7. The van der Waals surface area contributed by atoms with Gasteiger partial charge in [-0.15, -0.1) is 0 Å². The van der Waals surface area contributed by atoms with Crippen molar-refractivity contribution in [2.24, 2.45) is 0 Å². The second-order valence-electron chi connectivity index (χ2n) is 3.94. The Morgan fingerprint density at radius 1 is 0.778 bits per heavy atom. The van der Waals surface area contributed by atoms with Crippen molar-refractivity contribution in [2.45, 2.75) is 6.61 Å². The average Bonchev–Trinajstić information content (AvgIpc) is 2.45. The summed E-state index contributed by atoms with van der Waals surface area (Å²) in [5.41, 5.74) is 2.25. The van der Waals surface area contributed by atoms with Crippen molar-refractivity contribution < 1.29 is 9.47 Å². The van der Waals surface area contributed by atoms with E-state index < -0.39 is 0 Å². The molecule has 0 saturated carbocycles. The molecular weight excluding hydrogens is 224 g/mol. The topological polar surface area (TPSA) is 18.5 Å². The summed E-state index contributed by atoms with van der Waals surface area (Å²) in [6, 6.07) is 20.1. The molecule has 0 bridgehead atoms. The molecule has 2 aromatic rings. The van der Waals surface area contributed by atoms with Crippen molar-refractivity contribution in [1.29, 1.82) is 0 Å². The summed E-state index contributed by atoms with van der Waals surface area (Å²) in [5.74, 6) is 0. The Hall–Kier alpha value is -1.64. The molecule has 2 rings (SSSR count). The van der Waals surface area contributed by atoms with Gasteiger partial charge in [-0.1, -0.05) is 60.7 Å². The van der Waals surface area contributed by atoms with Crippen LogP contribution in [-0.4, -0.2) is 13.2 Å². The van der Waals surface area contributed by atoms with Crippen LogP contribution in [0.2, 0.25) is 0 Å². The van der Waals surface area contributed by atoms with E-state index in [1.165, 1.54) is 5.56 Å². The fourth-order valence-corrected chi connectivity index (χ4v) is 1.56. The molecule has 2 heteroatoms. The minimum absolute atomic E-state index is 0.571. The van der Waals surface area contributed by atoms with Crippen LogP contribution in [0.15, 0.2) is 60.7 Å². The Labute approximate surface area is 108 Å². The van der Waals surface area contributed by atoms with Crippen molar-refractivity contribution in [3.05, 3.63) is 78.4 Å². The maximum atomic E-state index is 5.51. The lowest BCUT2D eigenvalue weighted by Crippen LogP contribution is -2.03. The van der Waals surface area contributed by atoms with Crippen molar-refractivity contribution >= 4 is 0 Å². The molecule has 0 aliphatic rings. The zero-order chi connectivity index (χ0) is 12.5. The second kappa shape index (κ2) is 7.64. The van der Waals surface area contributed by atoms with Crippen LogP contribution in [0, 0.1) is 6.61 Å². The molecule has 0 unspecified atom stereocenters. The van der Waals surface area contributed by atoms with E-state index in [1.54, 1.807) is 6.61 Å².